The number of halogens is 1. The summed E-state index contributed by atoms with van der Waals surface area (Å²) in [5.74, 6) is 0.470. The highest BCUT2D eigenvalue weighted by molar-refractivity contribution is 6.30. The standard InChI is InChI=1S/C40H47ClN4O3/c41-34-19-16-29(17-20-34)18-21-37(46)43-27-35-22-23-45(28-36(31-12-6-2-7-13-31)32-14-8-3-9-15-32)39(48)40(44-35)25-33(40)26-42-38(47)24-30-10-4-1-5-11-30/h2-3,6-9,12-21,30,33,35-36,44H,1,4-5,10-11,22-28H2,(H,42,47)(H,43,46)/b21-18+/t33?,35-,40?/m0/s1. The number of nitrogens with zero attached hydrogens (tertiary/aromatic N) is 1. The Morgan fingerprint density at radius 2 is 1.54 bits per heavy atom. The normalized spacial score (nSPS) is 23.0. The predicted molar refractivity (Wildman–Crippen MR) is 191 cm³/mol. The maximum atomic E-state index is 14.5. The third-order valence-corrected chi connectivity index (χ3v) is 10.6. The largest absolute Gasteiger partial charge is 0.356 e. The zero-order valence-electron chi connectivity index (χ0n) is 27.6. The Bertz CT molecular complexity index is 1520. The second-order valence-corrected chi connectivity index (χ2v) is 14.2. The van der Waals surface area contributed by atoms with Gasteiger partial charge in [-0.2, -0.15) is 0 Å². The SMILES string of the molecule is O=C(/C=C/c1ccc(Cl)cc1)NC[C@@H]1CCN(CC(c2ccccc2)c2ccccc2)C(=O)C2(CC2CNC(=O)CC2CCCCC2)N1. The molecule has 3 aromatic rings. The highest BCUT2D eigenvalue weighted by Gasteiger charge is 2.62. The number of benzene rings is 3. The van der Waals surface area contributed by atoms with E-state index in [0.717, 1.165) is 18.4 Å². The van der Waals surface area contributed by atoms with Crippen molar-refractivity contribution in [3.8, 4) is 0 Å². The highest BCUT2D eigenvalue weighted by Crippen LogP contribution is 2.46. The summed E-state index contributed by atoms with van der Waals surface area (Å²) in [5.41, 5.74) is 2.46. The molecular weight excluding hydrogens is 620 g/mol. The summed E-state index contributed by atoms with van der Waals surface area (Å²) in [6.45, 7) is 2.00. The van der Waals surface area contributed by atoms with Gasteiger partial charge in [0.2, 0.25) is 17.7 Å². The first-order valence-corrected chi connectivity index (χ1v) is 17.9. The number of carbonyl (C=O) groups excluding carboxylic acids is 3. The molecule has 8 heteroatoms. The van der Waals surface area contributed by atoms with Crippen LogP contribution >= 0.6 is 11.6 Å². The minimum atomic E-state index is -0.763. The van der Waals surface area contributed by atoms with Gasteiger partial charge in [-0.25, -0.2) is 0 Å². The lowest BCUT2D eigenvalue weighted by Gasteiger charge is -2.30. The molecule has 3 fully saturated rings. The molecule has 3 aliphatic rings. The monoisotopic (exact) mass is 666 g/mol. The van der Waals surface area contributed by atoms with Gasteiger partial charge in [0, 0.05) is 61.6 Å². The van der Waals surface area contributed by atoms with Crippen molar-refractivity contribution in [2.75, 3.05) is 26.2 Å². The molecular formula is C40H47ClN4O3. The van der Waals surface area contributed by atoms with Gasteiger partial charge >= 0.3 is 0 Å². The molecule has 3 aromatic carbocycles. The summed E-state index contributed by atoms with van der Waals surface area (Å²) in [4.78, 5) is 42.3. The van der Waals surface area contributed by atoms with Crippen LogP contribution < -0.4 is 16.0 Å². The second kappa shape index (κ2) is 16.0. The number of hydrogen-bond acceptors (Lipinski definition) is 4. The van der Waals surface area contributed by atoms with E-state index in [2.05, 4.69) is 40.2 Å². The van der Waals surface area contributed by atoms with E-state index in [1.54, 1.807) is 18.2 Å². The van der Waals surface area contributed by atoms with E-state index >= 15 is 0 Å². The van der Waals surface area contributed by atoms with E-state index in [0.29, 0.717) is 56.4 Å². The van der Waals surface area contributed by atoms with E-state index in [1.165, 1.54) is 36.5 Å². The molecule has 1 spiro atoms. The summed E-state index contributed by atoms with van der Waals surface area (Å²) in [5, 5.41) is 10.6. The third kappa shape index (κ3) is 8.74. The first kappa shape index (κ1) is 33.9. The summed E-state index contributed by atoms with van der Waals surface area (Å²) in [6, 6.07) is 28.0. The number of nitrogens with one attached hydrogen (secondary N) is 3. The quantitative estimate of drug-likeness (QED) is 0.197. The summed E-state index contributed by atoms with van der Waals surface area (Å²) in [6.07, 6.45) is 11.2. The van der Waals surface area contributed by atoms with Crippen LogP contribution in [-0.2, 0) is 14.4 Å². The molecule has 2 aliphatic carbocycles. The smallest absolute Gasteiger partial charge is 0.244 e. The van der Waals surface area contributed by atoms with Gasteiger partial charge in [-0.15, -0.1) is 0 Å². The van der Waals surface area contributed by atoms with Crippen LogP contribution in [0.4, 0.5) is 0 Å². The molecule has 6 rings (SSSR count). The first-order chi connectivity index (χ1) is 23.4. The van der Waals surface area contributed by atoms with Gasteiger partial charge in [0.15, 0.2) is 0 Å². The van der Waals surface area contributed by atoms with Crippen molar-refractivity contribution in [2.45, 2.75) is 68.9 Å². The maximum Gasteiger partial charge on any atom is 0.244 e. The Hall–Kier alpha value is -3.94. The van der Waals surface area contributed by atoms with Crippen LogP contribution in [0.2, 0.25) is 5.02 Å². The minimum absolute atomic E-state index is 0.00388. The Labute approximate surface area is 289 Å². The van der Waals surface area contributed by atoms with Crippen LogP contribution in [0, 0.1) is 11.8 Å². The second-order valence-electron chi connectivity index (χ2n) is 13.8. The first-order valence-electron chi connectivity index (χ1n) is 17.5. The zero-order chi connectivity index (χ0) is 33.3. The molecule has 1 saturated heterocycles. The van der Waals surface area contributed by atoms with Gasteiger partial charge in [-0.1, -0.05) is 104 Å². The number of rotatable bonds is 12. The van der Waals surface area contributed by atoms with E-state index in [9.17, 15) is 14.4 Å². The molecule has 0 bridgehead atoms. The summed E-state index contributed by atoms with van der Waals surface area (Å²) < 4.78 is 0. The molecule has 3 atom stereocenters. The number of hydrogen-bond donors (Lipinski definition) is 3. The number of amides is 3. The van der Waals surface area contributed by atoms with E-state index in [4.69, 9.17) is 11.6 Å². The molecule has 3 N–H and O–H groups in total. The van der Waals surface area contributed by atoms with Gasteiger partial charge in [0.25, 0.3) is 0 Å². The van der Waals surface area contributed by atoms with Crippen molar-refractivity contribution in [1.82, 2.24) is 20.9 Å². The third-order valence-electron chi connectivity index (χ3n) is 10.4. The van der Waals surface area contributed by atoms with Crippen molar-refractivity contribution in [3.05, 3.63) is 113 Å². The summed E-state index contributed by atoms with van der Waals surface area (Å²) in [7, 11) is 0. The fourth-order valence-electron chi connectivity index (χ4n) is 7.52. The Morgan fingerprint density at radius 3 is 2.21 bits per heavy atom. The van der Waals surface area contributed by atoms with E-state index in [-0.39, 0.29) is 35.6 Å². The topological polar surface area (TPSA) is 90.5 Å². The van der Waals surface area contributed by atoms with Crippen molar-refractivity contribution < 1.29 is 14.4 Å². The van der Waals surface area contributed by atoms with Gasteiger partial charge in [0.1, 0.15) is 5.54 Å². The molecule has 0 aromatic heterocycles. The highest BCUT2D eigenvalue weighted by atomic mass is 35.5. The lowest BCUT2D eigenvalue weighted by Crippen LogP contribution is -2.53. The Kier molecular flexibility index (Phi) is 11.3. The van der Waals surface area contributed by atoms with Gasteiger partial charge in [0.05, 0.1) is 0 Å². The summed E-state index contributed by atoms with van der Waals surface area (Å²) >= 11 is 5.99. The average molecular weight is 667 g/mol. The van der Waals surface area contributed by atoms with Crippen LogP contribution in [0.25, 0.3) is 6.08 Å². The van der Waals surface area contributed by atoms with Gasteiger partial charge < -0.3 is 15.5 Å². The van der Waals surface area contributed by atoms with E-state index in [1.807, 2.05) is 53.4 Å². The molecule has 3 amide bonds. The molecule has 0 radical (unpaired) electrons. The van der Waals surface area contributed by atoms with Crippen molar-refractivity contribution in [1.29, 1.82) is 0 Å². The Balaban J connectivity index is 1.15. The zero-order valence-corrected chi connectivity index (χ0v) is 28.3. The molecule has 2 unspecified atom stereocenters. The van der Waals surface area contributed by atoms with Crippen molar-refractivity contribution in [3.63, 3.8) is 0 Å². The lowest BCUT2D eigenvalue weighted by molar-refractivity contribution is -0.134. The van der Waals surface area contributed by atoms with Gasteiger partial charge in [-0.3, -0.25) is 19.7 Å². The van der Waals surface area contributed by atoms with Crippen LogP contribution in [0.15, 0.2) is 91.0 Å². The van der Waals surface area contributed by atoms with Crippen LogP contribution in [0.1, 0.15) is 74.0 Å². The fourth-order valence-corrected chi connectivity index (χ4v) is 7.65. The van der Waals surface area contributed by atoms with Crippen LogP contribution in [0.5, 0.6) is 0 Å². The van der Waals surface area contributed by atoms with E-state index < -0.39 is 5.54 Å². The molecule has 2 saturated carbocycles. The van der Waals surface area contributed by atoms with Gasteiger partial charge in [-0.05, 0) is 66.5 Å². The molecule has 48 heavy (non-hydrogen) atoms. The number of carbonyl (C=O) groups is 3. The van der Waals surface area contributed by atoms with Crippen LogP contribution in [0.3, 0.4) is 0 Å². The molecule has 252 valence electrons. The van der Waals surface area contributed by atoms with Crippen LogP contribution in [-0.4, -0.2) is 60.4 Å². The Morgan fingerprint density at radius 1 is 0.875 bits per heavy atom. The minimum Gasteiger partial charge on any atom is -0.356 e. The molecule has 7 nitrogen and oxygen atoms in total. The lowest BCUT2D eigenvalue weighted by atomic mass is 9.87. The predicted octanol–water partition coefficient (Wildman–Crippen LogP) is 6.34. The molecule has 1 heterocycles. The molecule has 1 aliphatic heterocycles. The van der Waals surface area contributed by atoms with Crippen molar-refractivity contribution in [2.24, 2.45) is 11.8 Å². The fraction of sp³-hybridized carbons (Fsp3) is 0.425. The average Bonchev–Trinajstić information content (AvgIpc) is 3.85. The van der Waals surface area contributed by atoms with Crippen molar-refractivity contribution >= 4 is 35.4 Å². The maximum absolute atomic E-state index is 14.5.